The molecule has 3 aromatic carbocycles. The minimum Gasteiger partial charge on any atom is -0.494 e. The number of hydrogen-bond acceptors (Lipinski definition) is 5. The second-order valence-corrected chi connectivity index (χ2v) is 7.61. The van der Waals surface area contributed by atoms with Crippen LogP contribution >= 0.6 is 11.6 Å². The Morgan fingerprint density at radius 1 is 0.971 bits per heavy atom. The minimum atomic E-state index is -0.663. The summed E-state index contributed by atoms with van der Waals surface area (Å²) in [4.78, 5) is 39.2. The molecule has 0 spiro atoms. The van der Waals surface area contributed by atoms with E-state index in [1.807, 2.05) is 6.92 Å². The molecule has 0 atom stereocenters. The predicted octanol–water partition coefficient (Wildman–Crippen LogP) is 4.91. The van der Waals surface area contributed by atoms with Gasteiger partial charge in [-0.25, -0.2) is 9.29 Å². The number of benzene rings is 3. The Labute approximate surface area is 199 Å². The van der Waals surface area contributed by atoms with Crippen molar-refractivity contribution in [2.75, 3.05) is 22.1 Å². The summed E-state index contributed by atoms with van der Waals surface area (Å²) in [6.07, 6.45) is 0. The van der Waals surface area contributed by atoms with Crippen molar-refractivity contribution in [1.82, 2.24) is 0 Å². The third kappa shape index (κ3) is 4.77. The normalized spacial score (nSPS) is 13.3. The zero-order valence-corrected chi connectivity index (χ0v) is 18.7. The molecule has 1 aliphatic heterocycles. The number of amides is 3. The Bertz CT molecular complexity index is 1290. The number of ether oxygens (including phenoxy) is 1. The molecule has 4 rings (SSSR count). The van der Waals surface area contributed by atoms with Crippen LogP contribution in [-0.2, 0) is 9.59 Å². The van der Waals surface area contributed by atoms with Gasteiger partial charge in [-0.2, -0.15) is 0 Å². The first-order valence-corrected chi connectivity index (χ1v) is 10.7. The molecule has 34 heavy (non-hydrogen) atoms. The Morgan fingerprint density at radius 2 is 1.68 bits per heavy atom. The SMILES string of the molecule is CCOc1ccc(N2C(=O)C(Cl)=C(Nc3cccc(C(=O)Nc4ccc(F)cc4)c3)C2=O)cc1. The smallest absolute Gasteiger partial charge is 0.283 e. The fraction of sp³-hybridized carbons (Fsp3) is 0.0800. The van der Waals surface area contributed by atoms with Crippen LogP contribution < -0.4 is 20.3 Å². The Balaban J connectivity index is 1.51. The van der Waals surface area contributed by atoms with E-state index in [1.54, 1.807) is 42.5 Å². The van der Waals surface area contributed by atoms with Crippen molar-refractivity contribution >= 4 is 46.4 Å². The van der Waals surface area contributed by atoms with Crippen molar-refractivity contribution in [3.05, 3.63) is 94.9 Å². The quantitative estimate of drug-likeness (QED) is 0.470. The highest BCUT2D eigenvalue weighted by Gasteiger charge is 2.39. The molecule has 0 aliphatic carbocycles. The lowest BCUT2D eigenvalue weighted by Gasteiger charge is -2.16. The van der Waals surface area contributed by atoms with Gasteiger partial charge >= 0.3 is 0 Å². The molecule has 1 aliphatic rings. The molecule has 7 nitrogen and oxygen atoms in total. The van der Waals surface area contributed by atoms with Gasteiger partial charge in [-0.3, -0.25) is 14.4 Å². The largest absolute Gasteiger partial charge is 0.494 e. The average molecular weight is 480 g/mol. The van der Waals surface area contributed by atoms with Gasteiger partial charge in [0.05, 0.1) is 12.3 Å². The summed E-state index contributed by atoms with van der Waals surface area (Å²) in [6, 6.07) is 18.2. The Kier molecular flexibility index (Phi) is 6.60. The molecule has 0 saturated heterocycles. The van der Waals surface area contributed by atoms with Crippen LogP contribution in [0.3, 0.4) is 0 Å². The van der Waals surface area contributed by atoms with Crippen LogP contribution in [0.5, 0.6) is 5.75 Å². The number of hydrogen-bond donors (Lipinski definition) is 2. The first-order chi connectivity index (χ1) is 16.4. The molecular formula is C25H19ClFN3O4. The van der Waals surface area contributed by atoms with Gasteiger partial charge in [0, 0.05) is 16.9 Å². The lowest BCUT2D eigenvalue weighted by molar-refractivity contribution is -0.120. The maximum atomic E-state index is 13.1. The first kappa shape index (κ1) is 23.0. The van der Waals surface area contributed by atoms with Crippen LogP contribution in [0.4, 0.5) is 21.5 Å². The lowest BCUT2D eigenvalue weighted by atomic mass is 10.1. The van der Waals surface area contributed by atoms with Crippen LogP contribution in [0.15, 0.2) is 83.5 Å². The number of imide groups is 1. The molecule has 0 aromatic heterocycles. The molecule has 3 amide bonds. The Hall–Kier alpha value is -4.17. The molecule has 0 fully saturated rings. The van der Waals surface area contributed by atoms with Crippen LogP contribution in [0.1, 0.15) is 17.3 Å². The summed E-state index contributed by atoms with van der Waals surface area (Å²) in [7, 11) is 0. The van der Waals surface area contributed by atoms with E-state index in [0.717, 1.165) is 4.90 Å². The predicted molar refractivity (Wildman–Crippen MR) is 127 cm³/mol. The lowest BCUT2D eigenvalue weighted by Crippen LogP contribution is -2.32. The number of rotatable bonds is 7. The number of carbonyl (C=O) groups is 3. The minimum absolute atomic E-state index is 0.100. The van der Waals surface area contributed by atoms with Crippen LogP contribution in [0, 0.1) is 5.82 Å². The molecule has 0 unspecified atom stereocenters. The summed E-state index contributed by atoms with van der Waals surface area (Å²) in [5.74, 6) is -1.52. The van der Waals surface area contributed by atoms with Crippen molar-refractivity contribution in [1.29, 1.82) is 0 Å². The van der Waals surface area contributed by atoms with E-state index in [2.05, 4.69) is 10.6 Å². The highest BCUT2D eigenvalue weighted by Crippen LogP contribution is 2.31. The summed E-state index contributed by atoms with van der Waals surface area (Å²) in [6.45, 7) is 2.34. The summed E-state index contributed by atoms with van der Waals surface area (Å²) in [5, 5.41) is 5.25. The van der Waals surface area contributed by atoms with Gasteiger partial charge < -0.3 is 15.4 Å². The standard InChI is InChI=1S/C25H19ClFN3O4/c1-2-34-20-12-10-19(11-13-20)30-24(32)21(26)22(25(30)33)28-18-5-3-4-15(14-18)23(31)29-17-8-6-16(27)7-9-17/h3-14,28H,2H2,1H3,(H,29,31). The zero-order chi connectivity index (χ0) is 24.2. The monoisotopic (exact) mass is 479 g/mol. The topological polar surface area (TPSA) is 87.7 Å². The highest BCUT2D eigenvalue weighted by molar-refractivity contribution is 6.53. The van der Waals surface area contributed by atoms with Crippen molar-refractivity contribution in [2.45, 2.75) is 6.92 Å². The summed E-state index contributed by atoms with van der Waals surface area (Å²) < 4.78 is 18.5. The van der Waals surface area contributed by atoms with Crippen molar-refractivity contribution in [3.8, 4) is 5.75 Å². The van der Waals surface area contributed by atoms with Crippen LogP contribution in [0.2, 0.25) is 0 Å². The molecule has 0 radical (unpaired) electrons. The summed E-state index contributed by atoms with van der Waals surface area (Å²) >= 11 is 6.19. The first-order valence-electron chi connectivity index (χ1n) is 10.3. The third-order valence-electron chi connectivity index (χ3n) is 4.93. The van der Waals surface area contributed by atoms with Gasteiger partial charge in [0.25, 0.3) is 17.7 Å². The van der Waals surface area contributed by atoms with Gasteiger partial charge in [0.2, 0.25) is 0 Å². The number of anilines is 3. The fourth-order valence-corrected chi connectivity index (χ4v) is 3.54. The second kappa shape index (κ2) is 9.76. The van der Waals surface area contributed by atoms with E-state index < -0.39 is 23.5 Å². The maximum absolute atomic E-state index is 13.1. The van der Waals surface area contributed by atoms with Crippen LogP contribution in [0.25, 0.3) is 0 Å². The highest BCUT2D eigenvalue weighted by atomic mass is 35.5. The molecule has 2 N–H and O–H groups in total. The van der Waals surface area contributed by atoms with Crippen molar-refractivity contribution in [2.24, 2.45) is 0 Å². The average Bonchev–Trinajstić information content (AvgIpc) is 3.04. The molecule has 0 saturated carbocycles. The van der Waals surface area contributed by atoms with Gasteiger partial charge in [-0.15, -0.1) is 0 Å². The zero-order valence-electron chi connectivity index (χ0n) is 18.0. The van der Waals surface area contributed by atoms with E-state index in [9.17, 15) is 18.8 Å². The molecule has 3 aromatic rings. The van der Waals surface area contributed by atoms with Gasteiger partial charge in [-0.1, -0.05) is 17.7 Å². The van der Waals surface area contributed by atoms with E-state index in [1.165, 1.54) is 30.3 Å². The van der Waals surface area contributed by atoms with Gasteiger partial charge in [0.1, 0.15) is 22.3 Å². The Morgan fingerprint density at radius 3 is 2.35 bits per heavy atom. The number of halogens is 2. The molecule has 0 bridgehead atoms. The van der Waals surface area contributed by atoms with Crippen LogP contribution in [-0.4, -0.2) is 24.3 Å². The van der Waals surface area contributed by atoms with E-state index in [-0.39, 0.29) is 16.3 Å². The number of nitrogens with one attached hydrogen (secondary N) is 2. The van der Waals surface area contributed by atoms with Crippen molar-refractivity contribution in [3.63, 3.8) is 0 Å². The molecule has 9 heteroatoms. The maximum Gasteiger partial charge on any atom is 0.283 e. The summed E-state index contributed by atoms with van der Waals surface area (Å²) in [5.41, 5.74) is 1.34. The van der Waals surface area contributed by atoms with E-state index in [0.29, 0.717) is 29.4 Å². The van der Waals surface area contributed by atoms with Crippen molar-refractivity contribution < 1.29 is 23.5 Å². The second-order valence-electron chi connectivity index (χ2n) is 7.23. The van der Waals surface area contributed by atoms with Gasteiger partial charge in [0.15, 0.2) is 0 Å². The van der Waals surface area contributed by atoms with E-state index >= 15 is 0 Å². The number of carbonyl (C=O) groups excluding carboxylic acids is 3. The number of nitrogens with zero attached hydrogens (tertiary/aromatic N) is 1. The molecule has 172 valence electrons. The third-order valence-corrected chi connectivity index (χ3v) is 5.28. The fourth-order valence-electron chi connectivity index (χ4n) is 3.32. The van der Waals surface area contributed by atoms with E-state index in [4.69, 9.17) is 16.3 Å². The molecule has 1 heterocycles. The molecular weight excluding hydrogens is 461 g/mol. The van der Waals surface area contributed by atoms with Gasteiger partial charge in [-0.05, 0) is 73.7 Å².